The minimum atomic E-state index is -1.53. The summed E-state index contributed by atoms with van der Waals surface area (Å²) in [5.41, 5.74) is 13.5. The van der Waals surface area contributed by atoms with Gasteiger partial charge in [0.2, 0.25) is 0 Å². The average Bonchev–Trinajstić information content (AvgIpc) is 1.61. The topological polar surface area (TPSA) is 372 Å². The van der Waals surface area contributed by atoms with E-state index in [1.54, 1.807) is 62.0 Å². The van der Waals surface area contributed by atoms with Crippen molar-refractivity contribution in [3.05, 3.63) is 222 Å². The molecule has 724 valence electrons. The third-order valence-corrected chi connectivity index (χ3v) is 25.1. The molecule has 40 heteroatoms. The number of methoxy groups -OCH3 is 2. The smallest absolute Gasteiger partial charge is 0.467 e. The number of aromatic nitrogens is 20. The van der Waals surface area contributed by atoms with Crippen molar-refractivity contribution in [2.45, 2.75) is 197 Å². The molecule has 0 aliphatic carbocycles. The Morgan fingerprint density at radius 2 is 0.791 bits per heavy atom. The van der Waals surface area contributed by atoms with Crippen molar-refractivity contribution in [3.8, 4) is 45.4 Å². The van der Waals surface area contributed by atoms with Gasteiger partial charge in [0, 0.05) is 183 Å². The van der Waals surface area contributed by atoms with Gasteiger partial charge in [-0.3, -0.25) is 0 Å². The lowest BCUT2D eigenvalue weighted by molar-refractivity contribution is 0.00578. The van der Waals surface area contributed by atoms with E-state index in [9.17, 15) is 14.4 Å². The second kappa shape index (κ2) is 42.1. The summed E-state index contributed by atoms with van der Waals surface area (Å²) in [4.78, 5) is 95.2. The second-order valence-corrected chi connectivity index (χ2v) is 45.4. The molecule has 0 radical (unpaired) electrons. The third kappa shape index (κ3) is 25.5. The zero-order valence-electron chi connectivity index (χ0n) is 81.4. The number of aromatic amines is 2. The number of pyridine rings is 5. The van der Waals surface area contributed by atoms with Gasteiger partial charge in [-0.05, 0) is 351 Å². The van der Waals surface area contributed by atoms with Crippen molar-refractivity contribution in [2.75, 3.05) is 14.2 Å². The van der Waals surface area contributed by atoms with Gasteiger partial charge in [0.25, 0.3) is 0 Å². The van der Waals surface area contributed by atoms with Crippen LogP contribution >= 0.6 is 109 Å². The molecule has 0 spiro atoms. The van der Waals surface area contributed by atoms with Gasteiger partial charge >= 0.3 is 44.5 Å². The lowest BCUT2D eigenvalue weighted by atomic mass is 9.79. The van der Waals surface area contributed by atoms with Crippen LogP contribution in [-0.4, -0.2) is 182 Å². The molecule has 1 fully saturated rings. The molecule has 1 aliphatic rings. The number of fused-ring (bicyclic) bond motifs is 8. The Morgan fingerprint density at radius 1 is 0.410 bits per heavy atom. The van der Waals surface area contributed by atoms with Crippen molar-refractivity contribution < 1.29 is 57.4 Å². The molecular formula is C99H108B2Br4I2N20O12. The molecule has 0 atom stereocenters. The Bertz CT molecular complexity index is 7500. The van der Waals surface area contributed by atoms with Crippen molar-refractivity contribution in [2.24, 2.45) is 0 Å². The molecule has 1 aliphatic heterocycles. The van der Waals surface area contributed by atoms with E-state index in [2.05, 4.69) is 311 Å². The van der Waals surface area contributed by atoms with Crippen LogP contribution in [0.5, 0.6) is 12.0 Å². The molecule has 1 saturated heterocycles. The number of hydrogen-bond acceptors (Lipinski definition) is 24. The SMILES string of the molecule is Brc1cnc2[nH]cc(I)c2c1.Brc1cnc2[nH]ccc2c1.CC(C)(C)OC(=O)n1cc(-c2ccc3ncn(C(C)(C)C)c3c2)c2cc(Br)cnc21.CC(C)(C)OC(=O)n1cc(I)c2cc(Br)cnc21.CC(C)(C)n1cnc2ccc(B3OC(C)(C)C(C)(C)O3)cc21.COc1ncc(-c2cnc3c(c2)c(-c2ccc4ncn(C(C)(C)C)c4c2)cn3C(=O)OC(C)(C)C)cn1.COc1ncc(B(O)O)cn1. The van der Waals surface area contributed by atoms with Crippen LogP contribution in [0.1, 0.15) is 152 Å². The predicted molar refractivity (Wildman–Crippen MR) is 576 cm³/mol. The van der Waals surface area contributed by atoms with E-state index in [-0.39, 0.29) is 46.4 Å². The number of carbonyl (C=O) groups excluding carboxylic acids is 3. The summed E-state index contributed by atoms with van der Waals surface area (Å²) in [7, 11) is 1.10. The first kappa shape index (κ1) is 105. The number of rotatable bonds is 7. The van der Waals surface area contributed by atoms with E-state index in [1.165, 1.54) is 49.3 Å². The second-order valence-electron chi connectivity index (χ2n) is 39.4. The quantitative estimate of drug-likeness (QED) is 0.0654. The predicted octanol–water partition coefficient (Wildman–Crippen LogP) is 23.1. The fourth-order valence-electron chi connectivity index (χ4n) is 14.3. The Balaban J connectivity index is 0.000000144. The standard InChI is InChI=1S/C28H30N6O3.C23H25BrN4O2.C17H25BN2O2.C12H12BrIN2O2.C7H4BrIN2.C7H5BrN2.C5H7BN2O3/c1-27(2,3)34-16-32-22-9-8-17(11-23(22)34)21-15-33(26(35)37-28(4,5)6)24-20(21)10-18(12-29-24)19-13-30-25(36-7)31-14-19;1-22(2,3)28-13-26-18-8-7-14(9-19(18)28)17-12-27(21(29)30-23(4,5)6)20-16(17)10-15(24)11-25-20;1-15(2,3)20-11-19-13-9-8-12(10-14(13)20)18-21-16(4,5)17(6,7)22-18;1-12(2,3)18-11(17)16-6-9(14)8-4-7(13)5-15-10(8)16;8-4-1-5-6(9)3-11-7(5)10-2-4;8-6-3-5-1-2-9-7(5)10-4-6;1-11-5-7-2-4(3-8-5)6(9)10/h8-16H,1-7H3;7-13H,1-6H3;8-11H,1-7H3;4-6H,1-3H3;1-3H,(H,10,11);1-4H,(H,9,10);2-3,9-10H,1H3. The van der Waals surface area contributed by atoms with Crippen LogP contribution in [-0.2, 0) is 40.1 Å². The molecule has 4 N–H and O–H groups in total. The highest BCUT2D eigenvalue weighted by atomic mass is 127. The van der Waals surface area contributed by atoms with E-state index >= 15 is 0 Å². The normalized spacial score (nSPS) is 13.2. The molecule has 19 rings (SSSR count). The first-order chi connectivity index (χ1) is 65.0. The molecule has 0 saturated carbocycles. The molecule has 0 amide bonds. The van der Waals surface area contributed by atoms with Crippen LogP contribution in [0.2, 0.25) is 0 Å². The van der Waals surface area contributed by atoms with Crippen molar-refractivity contribution in [1.82, 2.24) is 97.2 Å². The lowest BCUT2D eigenvalue weighted by Gasteiger charge is -2.32. The maximum Gasteiger partial charge on any atom is 0.494 e. The highest BCUT2D eigenvalue weighted by molar-refractivity contribution is 14.1. The Kier molecular flexibility index (Phi) is 31.9. The minimum Gasteiger partial charge on any atom is -0.467 e. The lowest BCUT2D eigenvalue weighted by Crippen LogP contribution is -2.41. The van der Waals surface area contributed by atoms with E-state index in [0.29, 0.717) is 23.0 Å². The highest BCUT2D eigenvalue weighted by Crippen LogP contribution is 2.41. The summed E-state index contributed by atoms with van der Waals surface area (Å²) in [5.74, 6) is 0. The van der Waals surface area contributed by atoms with Gasteiger partial charge < -0.3 is 66.7 Å². The Labute approximate surface area is 865 Å². The van der Waals surface area contributed by atoms with Crippen LogP contribution in [0.25, 0.3) is 122 Å². The van der Waals surface area contributed by atoms with Gasteiger partial charge in [-0.1, -0.05) is 18.2 Å². The fraction of sp³-hybridized carbons (Fsp3) is 0.323. The average molecular weight is 2370 g/mol. The number of H-pyrrole nitrogens is 2. The van der Waals surface area contributed by atoms with Gasteiger partial charge in [-0.2, -0.15) is 0 Å². The number of nitrogens with zero attached hydrogens (tertiary/aromatic N) is 18. The maximum atomic E-state index is 13.2. The molecule has 0 bridgehead atoms. The van der Waals surface area contributed by atoms with E-state index in [1.807, 2.05) is 160 Å². The van der Waals surface area contributed by atoms with Gasteiger partial charge in [0.1, 0.15) is 39.4 Å². The Morgan fingerprint density at radius 3 is 1.24 bits per heavy atom. The number of carbonyl (C=O) groups is 3. The summed E-state index contributed by atoms with van der Waals surface area (Å²) in [6, 6.07) is 31.0. The van der Waals surface area contributed by atoms with E-state index in [0.717, 1.165) is 126 Å². The third-order valence-electron chi connectivity index (χ3n) is 21.7. The molecule has 18 aromatic rings. The number of hydrogen-bond donors (Lipinski definition) is 4. The zero-order chi connectivity index (χ0) is 101. The number of benzene rings is 3. The highest BCUT2D eigenvalue weighted by Gasteiger charge is 2.52. The monoisotopic (exact) mass is 2360 g/mol. The molecule has 139 heavy (non-hydrogen) atoms. The Hall–Kier alpha value is -11.0. The molecular weight excluding hydrogens is 2260 g/mol. The molecule has 32 nitrogen and oxygen atoms in total. The van der Waals surface area contributed by atoms with Crippen LogP contribution < -0.4 is 20.4 Å². The van der Waals surface area contributed by atoms with Gasteiger partial charge in [-0.25, -0.2) is 87.9 Å². The van der Waals surface area contributed by atoms with E-state index in [4.69, 9.17) is 38.3 Å². The number of nitrogens with one attached hydrogen (secondary N) is 2. The maximum absolute atomic E-state index is 13.2. The molecule has 3 aromatic carbocycles. The van der Waals surface area contributed by atoms with Crippen molar-refractivity contribution in [1.29, 1.82) is 0 Å². The minimum absolute atomic E-state index is 0.0106. The van der Waals surface area contributed by atoms with Gasteiger partial charge in [0.05, 0.1) is 77.5 Å². The zero-order valence-corrected chi connectivity index (χ0v) is 92.1. The van der Waals surface area contributed by atoms with Gasteiger partial charge in [0.15, 0.2) is 5.65 Å². The molecule has 0 unspecified atom stereocenters. The summed E-state index contributed by atoms with van der Waals surface area (Å²) in [6.45, 7) is 44.3. The largest absolute Gasteiger partial charge is 0.494 e. The number of imidazole rings is 3. The van der Waals surface area contributed by atoms with Crippen LogP contribution in [0.15, 0.2) is 215 Å². The van der Waals surface area contributed by atoms with Crippen LogP contribution in [0.3, 0.4) is 0 Å². The number of ether oxygens (including phenoxy) is 5. The van der Waals surface area contributed by atoms with Crippen LogP contribution in [0, 0.1) is 7.14 Å². The summed E-state index contributed by atoms with van der Waals surface area (Å²) in [6.07, 6.45) is 28.0. The molecule has 16 heterocycles. The van der Waals surface area contributed by atoms with Crippen LogP contribution in [0.4, 0.5) is 14.4 Å². The number of halogens is 6. The van der Waals surface area contributed by atoms with Crippen molar-refractivity contribution >= 4 is 241 Å². The summed E-state index contributed by atoms with van der Waals surface area (Å²) < 4.78 is 55.5. The summed E-state index contributed by atoms with van der Waals surface area (Å²) >= 11 is 18.0. The van der Waals surface area contributed by atoms with Gasteiger partial charge in [-0.15, -0.1) is 0 Å². The molecule has 15 aromatic heterocycles. The fourth-order valence-corrected chi connectivity index (χ4v) is 16.9. The first-order valence-electron chi connectivity index (χ1n) is 44.0. The first-order valence-corrected chi connectivity index (χ1v) is 49.3. The summed E-state index contributed by atoms with van der Waals surface area (Å²) in [5, 5.41) is 22.1. The van der Waals surface area contributed by atoms with E-state index < -0.39 is 42.2 Å². The van der Waals surface area contributed by atoms with Crippen molar-refractivity contribution in [3.63, 3.8) is 0 Å².